The van der Waals surface area contributed by atoms with Gasteiger partial charge in [-0.2, -0.15) is 0 Å². The summed E-state index contributed by atoms with van der Waals surface area (Å²) in [6.07, 6.45) is 0. The molecule has 0 amide bonds. The lowest BCUT2D eigenvalue weighted by atomic mass is 10.2. The topological polar surface area (TPSA) is 61.2 Å². The quantitative estimate of drug-likeness (QED) is 0.715. The maximum absolute atomic E-state index is 11.9. The van der Waals surface area contributed by atoms with Gasteiger partial charge < -0.3 is 10.2 Å². The molecule has 0 aliphatic carbocycles. The highest BCUT2D eigenvalue weighted by atomic mass is 16.4. The van der Waals surface area contributed by atoms with Crippen LogP contribution < -0.4 is 11.5 Å². The van der Waals surface area contributed by atoms with Gasteiger partial charge in [0.25, 0.3) is 0 Å². The first-order chi connectivity index (χ1) is 9.13. The SMILES string of the molecule is Cc1ccc2c(c1)oc(=O)n2Cc1ccc(N)cc1. The Bertz CT molecular complexity index is 782. The van der Waals surface area contributed by atoms with Crippen LogP contribution in [0.15, 0.2) is 51.7 Å². The number of nitrogens with zero attached hydrogens (tertiary/aromatic N) is 1. The largest absolute Gasteiger partial charge is 0.420 e. The Morgan fingerprint density at radius 2 is 1.89 bits per heavy atom. The van der Waals surface area contributed by atoms with Gasteiger partial charge in [-0.15, -0.1) is 0 Å². The Balaban J connectivity index is 2.07. The summed E-state index contributed by atoms with van der Waals surface area (Å²) in [6.45, 7) is 2.45. The summed E-state index contributed by atoms with van der Waals surface area (Å²) < 4.78 is 6.88. The van der Waals surface area contributed by atoms with Gasteiger partial charge in [-0.3, -0.25) is 4.57 Å². The summed E-state index contributed by atoms with van der Waals surface area (Å²) in [5, 5.41) is 0. The van der Waals surface area contributed by atoms with Crippen LogP contribution in [-0.2, 0) is 6.54 Å². The number of oxazole rings is 1. The van der Waals surface area contributed by atoms with E-state index in [0.29, 0.717) is 17.8 Å². The van der Waals surface area contributed by atoms with Gasteiger partial charge in [0.2, 0.25) is 0 Å². The molecular weight excluding hydrogens is 240 g/mol. The maximum Gasteiger partial charge on any atom is 0.420 e. The normalized spacial score (nSPS) is 11.0. The van der Waals surface area contributed by atoms with Gasteiger partial charge in [-0.05, 0) is 42.3 Å². The third-order valence-corrected chi connectivity index (χ3v) is 3.14. The molecule has 1 aromatic heterocycles. The second-order valence-electron chi connectivity index (χ2n) is 4.67. The van der Waals surface area contributed by atoms with E-state index in [0.717, 1.165) is 16.6 Å². The summed E-state index contributed by atoms with van der Waals surface area (Å²) in [6, 6.07) is 13.2. The molecule has 0 unspecified atom stereocenters. The van der Waals surface area contributed by atoms with Crippen molar-refractivity contribution in [1.82, 2.24) is 4.57 Å². The first kappa shape index (κ1) is 11.6. The minimum Gasteiger partial charge on any atom is -0.408 e. The van der Waals surface area contributed by atoms with E-state index in [-0.39, 0.29) is 5.76 Å². The van der Waals surface area contributed by atoms with Crippen LogP contribution in [0, 0.1) is 6.92 Å². The van der Waals surface area contributed by atoms with E-state index in [1.165, 1.54) is 0 Å². The molecule has 3 aromatic rings. The lowest BCUT2D eigenvalue weighted by molar-refractivity contribution is 0.517. The predicted molar refractivity (Wildman–Crippen MR) is 75.2 cm³/mol. The van der Waals surface area contributed by atoms with Gasteiger partial charge in [0.15, 0.2) is 5.58 Å². The van der Waals surface area contributed by atoms with Gasteiger partial charge in [-0.1, -0.05) is 18.2 Å². The van der Waals surface area contributed by atoms with Crippen molar-refractivity contribution in [2.45, 2.75) is 13.5 Å². The number of aryl methyl sites for hydroxylation is 1. The predicted octanol–water partition coefficient (Wildman–Crippen LogP) is 2.53. The van der Waals surface area contributed by atoms with Gasteiger partial charge in [-0.25, -0.2) is 4.79 Å². The van der Waals surface area contributed by atoms with Crippen LogP contribution in [0.5, 0.6) is 0 Å². The molecule has 0 atom stereocenters. The smallest absolute Gasteiger partial charge is 0.408 e. The third-order valence-electron chi connectivity index (χ3n) is 3.14. The van der Waals surface area contributed by atoms with Crippen molar-refractivity contribution in [2.75, 3.05) is 5.73 Å². The molecule has 2 aromatic carbocycles. The Hall–Kier alpha value is -2.49. The summed E-state index contributed by atoms with van der Waals surface area (Å²) in [5.41, 5.74) is 9.88. The number of rotatable bonds is 2. The van der Waals surface area contributed by atoms with Crippen molar-refractivity contribution in [2.24, 2.45) is 0 Å². The fraction of sp³-hybridized carbons (Fsp3) is 0.133. The minimum atomic E-state index is -0.336. The van der Waals surface area contributed by atoms with Crippen LogP contribution >= 0.6 is 0 Å². The highest BCUT2D eigenvalue weighted by Gasteiger charge is 2.09. The number of benzene rings is 2. The molecule has 0 aliphatic heterocycles. The number of nitrogens with two attached hydrogens (primary N) is 1. The molecule has 96 valence electrons. The van der Waals surface area contributed by atoms with Crippen molar-refractivity contribution in [3.8, 4) is 0 Å². The molecule has 1 heterocycles. The van der Waals surface area contributed by atoms with E-state index in [4.69, 9.17) is 10.2 Å². The molecule has 4 nitrogen and oxygen atoms in total. The highest BCUT2D eigenvalue weighted by molar-refractivity contribution is 5.73. The van der Waals surface area contributed by atoms with E-state index in [2.05, 4.69) is 0 Å². The van der Waals surface area contributed by atoms with Gasteiger partial charge in [0.05, 0.1) is 12.1 Å². The second kappa shape index (κ2) is 4.31. The minimum absolute atomic E-state index is 0.336. The van der Waals surface area contributed by atoms with E-state index < -0.39 is 0 Å². The molecule has 0 saturated carbocycles. The lowest BCUT2D eigenvalue weighted by Gasteiger charge is -2.03. The zero-order valence-corrected chi connectivity index (χ0v) is 10.6. The van der Waals surface area contributed by atoms with E-state index in [9.17, 15) is 4.79 Å². The first-order valence-corrected chi connectivity index (χ1v) is 6.08. The maximum atomic E-state index is 11.9. The Kier molecular flexibility index (Phi) is 2.63. The molecule has 19 heavy (non-hydrogen) atoms. The first-order valence-electron chi connectivity index (χ1n) is 6.08. The Morgan fingerprint density at radius 1 is 1.16 bits per heavy atom. The molecule has 3 rings (SSSR count). The number of anilines is 1. The number of fused-ring (bicyclic) bond motifs is 1. The molecule has 0 aliphatic rings. The zero-order valence-electron chi connectivity index (χ0n) is 10.6. The molecule has 0 saturated heterocycles. The third kappa shape index (κ3) is 2.12. The summed E-state index contributed by atoms with van der Waals surface area (Å²) in [7, 11) is 0. The molecule has 0 bridgehead atoms. The van der Waals surface area contributed by atoms with Gasteiger partial charge >= 0.3 is 5.76 Å². The Labute approximate surface area is 110 Å². The highest BCUT2D eigenvalue weighted by Crippen LogP contribution is 2.16. The van der Waals surface area contributed by atoms with Gasteiger partial charge in [0.1, 0.15) is 0 Å². The summed E-state index contributed by atoms with van der Waals surface area (Å²) in [5.74, 6) is -0.336. The van der Waals surface area contributed by atoms with E-state index in [1.54, 1.807) is 4.57 Å². The summed E-state index contributed by atoms with van der Waals surface area (Å²) in [4.78, 5) is 11.9. The van der Waals surface area contributed by atoms with Crippen LogP contribution in [0.3, 0.4) is 0 Å². The average Bonchev–Trinajstić information content (AvgIpc) is 2.68. The molecular formula is C15H14N2O2. The molecule has 4 heteroatoms. The van der Waals surface area contributed by atoms with Crippen LogP contribution in [-0.4, -0.2) is 4.57 Å². The van der Waals surface area contributed by atoms with Crippen LogP contribution in [0.4, 0.5) is 5.69 Å². The second-order valence-corrected chi connectivity index (χ2v) is 4.67. The number of nitrogen functional groups attached to an aromatic ring is 1. The van der Waals surface area contributed by atoms with Crippen LogP contribution in [0.25, 0.3) is 11.1 Å². The summed E-state index contributed by atoms with van der Waals surface area (Å²) >= 11 is 0. The molecule has 2 N–H and O–H groups in total. The van der Waals surface area contributed by atoms with Crippen LogP contribution in [0.2, 0.25) is 0 Å². The molecule has 0 fully saturated rings. The number of aromatic nitrogens is 1. The lowest BCUT2D eigenvalue weighted by Crippen LogP contribution is -2.14. The number of hydrogen-bond donors (Lipinski definition) is 1. The van der Waals surface area contributed by atoms with Crippen molar-refractivity contribution in [3.05, 3.63) is 64.1 Å². The van der Waals surface area contributed by atoms with Crippen molar-refractivity contribution in [1.29, 1.82) is 0 Å². The fourth-order valence-corrected chi connectivity index (χ4v) is 2.13. The van der Waals surface area contributed by atoms with Crippen molar-refractivity contribution < 1.29 is 4.42 Å². The zero-order chi connectivity index (χ0) is 13.4. The fourth-order valence-electron chi connectivity index (χ4n) is 2.13. The molecule has 0 radical (unpaired) electrons. The van der Waals surface area contributed by atoms with E-state index in [1.807, 2.05) is 49.4 Å². The molecule has 0 spiro atoms. The van der Waals surface area contributed by atoms with Crippen LogP contribution in [0.1, 0.15) is 11.1 Å². The van der Waals surface area contributed by atoms with Gasteiger partial charge in [0, 0.05) is 5.69 Å². The Morgan fingerprint density at radius 3 is 2.63 bits per heavy atom. The standard InChI is InChI=1S/C15H14N2O2/c1-10-2-7-13-14(8-10)19-15(18)17(13)9-11-3-5-12(16)6-4-11/h2-8H,9,16H2,1H3. The average molecular weight is 254 g/mol. The van der Waals surface area contributed by atoms with Crippen molar-refractivity contribution in [3.63, 3.8) is 0 Å². The van der Waals surface area contributed by atoms with E-state index >= 15 is 0 Å². The monoisotopic (exact) mass is 254 g/mol. The van der Waals surface area contributed by atoms with Crippen molar-refractivity contribution >= 4 is 16.8 Å². The number of hydrogen-bond acceptors (Lipinski definition) is 3.